The number of aryl methyl sites for hydroxylation is 1. The summed E-state index contributed by atoms with van der Waals surface area (Å²) in [6.45, 7) is 2.11. The van der Waals surface area contributed by atoms with Crippen LogP contribution < -0.4 is 0 Å². The molecule has 0 spiro atoms. The van der Waals surface area contributed by atoms with E-state index in [9.17, 15) is 13.2 Å². The van der Waals surface area contributed by atoms with Gasteiger partial charge < -0.3 is 9.13 Å². The topological polar surface area (TPSA) is 35.6 Å². The van der Waals surface area contributed by atoms with Crippen LogP contribution in [0.2, 0.25) is 0 Å². The average molecular weight is 797 g/mol. The highest BCUT2D eigenvalue weighted by Crippen LogP contribution is 2.42. The molecule has 11 rings (SSSR count). The summed E-state index contributed by atoms with van der Waals surface area (Å²) in [6, 6.07) is 63.5. The van der Waals surface area contributed by atoms with Crippen molar-refractivity contribution >= 4 is 43.6 Å². The molecule has 0 aliphatic rings. The van der Waals surface area contributed by atoms with Crippen LogP contribution in [0.25, 0.3) is 100 Å². The minimum absolute atomic E-state index is 0.529. The van der Waals surface area contributed by atoms with Crippen LogP contribution in [0.5, 0.6) is 0 Å². The van der Waals surface area contributed by atoms with Gasteiger partial charge in [0.1, 0.15) is 0 Å². The number of para-hydroxylation sites is 2. The number of alkyl halides is 3. The van der Waals surface area contributed by atoms with Crippen LogP contribution in [0, 0.1) is 6.92 Å². The molecule has 0 atom stereocenters. The van der Waals surface area contributed by atoms with E-state index < -0.39 is 11.7 Å². The van der Waals surface area contributed by atoms with E-state index in [2.05, 4.69) is 88.9 Å². The van der Waals surface area contributed by atoms with Crippen LogP contribution in [0.3, 0.4) is 0 Å². The number of halogens is 3. The predicted octanol–water partition coefficient (Wildman–Crippen LogP) is 14.7. The zero-order chi connectivity index (χ0) is 41.2. The Morgan fingerprint density at radius 2 is 0.967 bits per heavy atom. The Morgan fingerprint density at radius 3 is 1.64 bits per heavy atom. The number of fused-ring (bicyclic) bond motifs is 6. The Labute approximate surface area is 349 Å². The van der Waals surface area contributed by atoms with Crippen molar-refractivity contribution in [3.05, 3.63) is 205 Å². The fourth-order valence-electron chi connectivity index (χ4n) is 8.78. The summed E-state index contributed by atoms with van der Waals surface area (Å²) in [5.74, 6) is 0.555. The molecular formula is C54H35F3N4. The summed E-state index contributed by atoms with van der Waals surface area (Å²) >= 11 is 0. The van der Waals surface area contributed by atoms with Crippen molar-refractivity contribution in [2.75, 3.05) is 0 Å². The zero-order valence-electron chi connectivity index (χ0n) is 32.9. The largest absolute Gasteiger partial charge is 0.416 e. The maximum Gasteiger partial charge on any atom is 0.416 e. The first-order chi connectivity index (χ1) is 29.8. The zero-order valence-corrected chi connectivity index (χ0v) is 32.9. The lowest BCUT2D eigenvalue weighted by Crippen LogP contribution is -2.04. The van der Waals surface area contributed by atoms with E-state index in [1.807, 2.05) is 103 Å². The Morgan fingerprint density at radius 1 is 0.410 bits per heavy atom. The number of nitrogens with zero attached hydrogens (tertiary/aromatic N) is 4. The van der Waals surface area contributed by atoms with Crippen LogP contribution in [-0.4, -0.2) is 19.1 Å². The third-order valence-corrected chi connectivity index (χ3v) is 11.6. The minimum Gasteiger partial charge on any atom is -0.309 e. The third-order valence-electron chi connectivity index (χ3n) is 11.6. The maximum absolute atomic E-state index is 14.2. The molecule has 7 heteroatoms. The summed E-state index contributed by atoms with van der Waals surface area (Å²) in [6.07, 6.45) is -4.48. The predicted molar refractivity (Wildman–Crippen MR) is 242 cm³/mol. The molecule has 0 saturated heterocycles. The molecule has 0 N–H and O–H groups in total. The van der Waals surface area contributed by atoms with Gasteiger partial charge >= 0.3 is 6.18 Å². The van der Waals surface area contributed by atoms with Crippen molar-refractivity contribution in [1.82, 2.24) is 19.1 Å². The molecule has 0 saturated carbocycles. The van der Waals surface area contributed by atoms with Gasteiger partial charge in [0.2, 0.25) is 0 Å². The smallest absolute Gasteiger partial charge is 0.309 e. The van der Waals surface area contributed by atoms with E-state index in [-0.39, 0.29) is 0 Å². The number of benzene rings is 8. The first-order valence-corrected chi connectivity index (χ1v) is 20.1. The van der Waals surface area contributed by atoms with Crippen LogP contribution in [-0.2, 0) is 6.18 Å². The highest BCUT2D eigenvalue weighted by atomic mass is 19.4. The molecule has 8 aromatic carbocycles. The van der Waals surface area contributed by atoms with Gasteiger partial charge in [-0.1, -0.05) is 121 Å². The van der Waals surface area contributed by atoms with Crippen molar-refractivity contribution in [3.63, 3.8) is 0 Å². The molecular weight excluding hydrogens is 762 g/mol. The fraction of sp³-hybridized carbons (Fsp3) is 0.0370. The van der Waals surface area contributed by atoms with Crippen molar-refractivity contribution in [1.29, 1.82) is 0 Å². The van der Waals surface area contributed by atoms with Gasteiger partial charge in [-0.3, -0.25) is 0 Å². The highest BCUT2D eigenvalue weighted by molar-refractivity contribution is 6.11. The Balaban J connectivity index is 1.18. The van der Waals surface area contributed by atoms with Crippen molar-refractivity contribution in [2.45, 2.75) is 13.1 Å². The second-order valence-corrected chi connectivity index (χ2v) is 15.4. The summed E-state index contributed by atoms with van der Waals surface area (Å²) in [7, 11) is 0. The van der Waals surface area contributed by atoms with Crippen molar-refractivity contribution < 1.29 is 13.2 Å². The van der Waals surface area contributed by atoms with Crippen molar-refractivity contribution in [3.8, 4) is 56.4 Å². The van der Waals surface area contributed by atoms with Gasteiger partial charge in [0.05, 0.1) is 44.7 Å². The lowest BCUT2D eigenvalue weighted by atomic mass is 9.99. The first kappa shape index (κ1) is 36.3. The average Bonchev–Trinajstić information content (AvgIpc) is 3.81. The molecule has 0 bridgehead atoms. The minimum atomic E-state index is -4.48. The molecule has 0 unspecified atom stereocenters. The van der Waals surface area contributed by atoms with E-state index in [1.165, 1.54) is 28.5 Å². The van der Waals surface area contributed by atoms with Crippen molar-refractivity contribution in [2.24, 2.45) is 0 Å². The first-order valence-electron chi connectivity index (χ1n) is 20.1. The van der Waals surface area contributed by atoms with Crippen LogP contribution >= 0.6 is 0 Å². The second-order valence-electron chi connectivity index (χ2n) is 15.4. The lowest BCUT2D eigenvalue weighted by molar-refractivity contribution is -0.137. The molecule has 11 aromatic rings. The number of aromatic nitrogens is 4. The fourth-order valence-corrected chi connectivity index (χ4v) is 8.78. The summed E-state index contributed by atoms with van der Waals surface area (Å²) in [5, 5.41) is 3.61. The molecule has 0 radical (unpaired) electrons. The van der Waals surface area contributed by atoms with Gasteiger partial charge in [-0.25, -0.2) is 9.97 Å². The summed E-state index contributed by atoms with van der Waals surface area (Å²) in [4.78, 5) is 10.3. The molecule has 3 aromatic heterocycles. The maximum atomic E-state index is 14.2. The van der Waals surface area contributed by atoms with E-state index in [1.54, 1.807) is 6.07 Å². The van der Waals surface area contributed by atoms with Gasteiger partial charge in [-0.05, 0) is 91.3 Å². The second kappa shape index (κ2) is 14.2. The number of rotatable bonds is 6. The van der Waals surface area contributed by atoms with E-state index in [4.69, 9.17) is 9.97 Å². The number of hydrogen-bond donors (Lipinski definition) is 0. The Bertz CT molecular complexity index is 3420. The van der Waals surface area contributed by atoms with Gasteiger partial charge in [0.25, 0.3) is 0 Å². The molecule has 0 fully saturated rings. The normalized spacial score (nSPS) is 11.9. The van der Waals surface area contributed by atoms with Crippen LogP contribution in [0.15, 0.2) is 194 Å². The summed E-state index contributed by atoms with van der Waals surface area (Å²) in [5.41, 5.74) is 12.1. The quantitative estimate of drug-likeness (QED) is 0.168. The molecule has 3 heterocycles. The molecule has 61 heavy (non-hydrogen) atoms. The van der Waals surface area contributed by atoms with E-state index in [0.717, 1.165) is 72.5 Å². The molecule has 4 nitrogen and oxygen atoms in total. The monoisotopic (exact) mass is 796 g/mol. The van der Waals surface area contributed by atoms with Gasteiger partial charge in [-0.2, -0.15) is 13.2 Å². The lowest BCUT2D eigenvalue weighted by Gasteiger charge is -2.18. The van der Waals surface area contributed by atoms with Crippen LogP contribution in [0.1, 0.15) is 11.1 Å². The molecule has 292 valence electrons. The van der Waals surface area contributed by atoms with Gasteiger partial charge in [0, 0.05) is 49.5 Å². The third kappa shape index (κ3) is 6.25. The molecule has 0 aliphatic heterocycles. The molecule has 0 amide bonds. The summed E-state index contributed by atoms with van der Waals surface area (Å²) < 4.78 is 46.9. The number of hydrogen-bond acceptors (Lipinski definition) is 2. The van der Waals surface area contributed by atoms with Gasteiger partial charge in [0.15, 0.2) is 5.82 Å². The highest BCUT2D eigenvalue weighted by Gasteiger charge is 2.31. The Kier molecular flexibility index (Phi) is 8.46. The van der Waals surface area contributed by atoms with E-state index >= 15 is 0 Å². The Hall–Kier alpha value is -7.77. The van der Waals surface area contributed by atoms with Crippen LogP contribution in [0.4, 0.5) is 13.2 Å². The molecule has 0 aliphatic carbocycles. The van der Waals surface area contributed by atoms with E-state index in [0.29, 0.717) is 16.7 Å². The SMILES string of the molecule is Cc1ccc2c(c1)c1ccccc1n2-c1cccc(-c2cc(-c3nc(-c4ccccc4)cc(-c4ccccc4)n3)ccc2-n2c3ccccc3c3cc(C(F)(F)F)ccc32)c1. The standard InChI is InChI=1S/C54H35F3N4/c1-34-23-26-51-44(29-34)41-19-8-10-21-48(41)60(51)40-18-12-17-37(30-40)43-31-38(53-58-46(35-13-4-2-5-14-35)33-47(59-53)36-15-6-3-7-16-36)24-27-50(43)61-49-22-11-9-20-42(49)45-32-39(54(55,56)57)25-28-52(45)61/h2-33H,1H3. The van der Waals surface area contributed by atoms with Gasteiger partial charge in [-0.15, -0.1) is 0 Å².